The number of hydrogen-bond donors (Lipinski definition) is 0. The highest BCUT2D eigenvalue weighted by Gasteiger charge is 2.42. The minimum Gasteiger partial charge on any atom is -0.462 e. The summed E-state index contributed by atoms with van der Waals surface area (Å²) in [6.07, 6.45) is -4.94. The summed E-state index contributed by atoms with van der Waals surface area (Å²) >= 11 is 0. The topological polar surface area (TPSA) is 46.6 Å². The molecular weight excluding hydrogens is 335 g/mol. The number of nitrogens with zero attached hydrogens (tertiary/aromatic N) is 1. The van der Waals surface area contributed by atoms with Crippen LogP contribution in [0.25, 0.3) is 0 Å². The maximum absolute atomic E-state index is 12.6. The fourth-order valence-electron chi connectivity index (χ4n) is 3.25. The predicted octanol–water partition coefficient (Wildman–Crippen LogP) is 4.18. The van der Waals surface area contributed by atoms with Crippen LogP contribution >= 0.6 is 0 Å². The molecular formula is C18H30F3NO3. The van der Waals surface area contributed by atoms with E-state index in [1.54, 1.807) is 34.6 Å². The van der Waals surface area contributed by atoms with Gasteiger partial charge in [-0.15, -0.1) is 0 Å². The van der Waals surface area contributed by atoms with Gasteiger partial charge in [0, 0.05) is 18.5 Å². The minimum atomic E-state index is -4.52. The third-order valence-electron chi connectivity index (χ3n) is 4.93. The standard InChI is InChI=1S/C18H30F3NO3/c1-7-13-8-14(12(3)25-16(24)17(4,5)6)11(2)22(10-13)15(23)9-18(19,20)21/h11-14H,7-10H2,1-6H3/t11?,12-,13?,14+/m0/s1. The molecule has 0 spiro atoms. The second-order valence-electron chi connectivity index (χ2n) is 8.11. The molecule has 0 N–H and O–H groups in total. The van der Waals surface area contributed by atoms with Crippen molar-refractivity contribution >= 4 is 11.9 Å². The van der Waals surface area contributed by atoms with Crippen LogP contribution in [0.4, 0.5) is 13.2 Å². The van der Waals surface area contributed by atoms with Gasteiger partial charge in [-0.2, -0.15) is 13.2 Å². The molecule has 1 rings (SSSR count). The van der Waals surface area contributed by atoms with Crippen molar-refractivity contribution in [3.8, 4) is 0 Å². The van der Waals surface area contributed by atoms with Crippen LogP contribution in [-0.2, 0) is 14.3 Å². The second-order valence-corrected chi connectivity index (χ2v) is 8.11. The van der Waals surface area contributed by atoms with E-state index in [2.05, 4.69) is 0 Å². The molecule has 1 fully saturated rings. The van der Waals surface area contributed by atoms with Crippen molar-refractivity contribution in [1.82, 2.24) is 4.90 Å². The van der Waals surface area contributed by atoms with E-state index in [0.717, 1.165) is 12.8 Å². The number of halogens is 3. The first-order valence-corrected chi connectivity index (χ1v) is 8.83. The van der Waals surface area contributed by atoms with Gasteiger partial charge in [0.15, 0.2) is 0 Å². The number of hydrogen-bond acceptors (Lipinski definition) is 3. The summed E-state index contributed by atoms with van der Waals surface area (Å²) in [4.78, 5) is 25.6. The molecule has 0 aromatic heterocycles. The minimum absolute atomic E-state index is 0.106. The monoisotopic (exact) mass is 365 g/mol. The van der Waals surface area contributed by atoms with Crippen LogP contribution < -0.4 is 0 Å². The second kappa shape index (κ2) is 7.96. The lowest BCUT2D eigenvalue weighted by Crippen LogP contribution is -2.54. The summed E-state index contributed by atoms with van der Waals surface area (Å²) in [5.74, 6) is -1.33. The van der Waals surface area contributed by atoms with Crippen LogP contribution in [0.5, 0.6) is 0 Å². The van der Waals surface area contributed by atoms with Gasteiger partial charge >= 0.3 is 12.1 Å². The number of amides is 1. The van der Waals surface area contributed by atoms with E-state index in [1.807, 2.05) is 6.92 Å². The summed E-state index contributed by atoms with van der Waals surface area (Å²) in [5.41, 5.74) is -0.651. The number of esters is 1. The molecule has 1 aliphatic rings. The molecule has 1 aliphatic heterocycles. The van der Waals surface area contributed by atoms with Crippen LogP contribution in [0.3, 0.4) is 0 Å². The molecule has 7 heteroatoms. The Balaban J connectivity index is 2.91. The zero-order valence-electron chi connectivity index (χ0n) is 15.9. The molecule has 1 saturated heterocycles. The van der Waals surface area contributed by atoms with Crippen molar-refractivity contribution < 1.29 is 27.5 Å². The first-order chi connectivity index (χ1) is 11.3. The van der Waals surface area contributed by atoms with E-state index in [1.165, 1.54) is 4.90 Å². The van der Waals surface area contributed by atoms with Crippen LogP contribution in [0.2, 0.25) is 0 Å². The number of carbonyl (C=O) groups is 2. The Labute approximate surface area is 148 Å². The molecule has 1 heterocycles. The number of rotatable bonds is 4. The first-order valence-electron chi connectivity index (χ1n) is 8.83. The van der Waals surface area contributed by atoms with Gasteiger partial charge in [0.1, 0.15) is 12.5 Å². The molecule has 146 valence electrons. The van der Waals surface area contributed by atoms with Crippen LogP contribution in [0, 0.1) is 17.3 Å². The average molecular weight is 365 g/mol. The summed E-state index contributed by atoms with van der Waals surface area (Å²) < 4.78 is 43.4. The quantitative estimate of drug-likeness (QED) is 0.702. The van der Waals surface area contributed by atoms with Crippen LogP contribution in [0.15, 0.2) is 0 Å². The SMILES string of the molecule is CCC1C[C@@H]([C@H](C)OC(=O)C(C)(C)C)C(C)N(C(=O)CC(F)(F)F)C1. The molecule has 0 radical (unpaired) electrons. The molecule has 0 aromatic rings. The van der Waals surface area contributed by atoms with Gasteiger partial charge in [0.2, 0.25) is 5.91 Å². The van der Waals surface area contributed by atoms with Crippen molar-refractivity contribution in [3.05, 3.63) is 0 Å². The third kappa shape index (κ3) is 6.19. The van der Waals surface area contributed by atoms with Crippen LogP contribution in [0.1, 0.15) is 60.8 Å². The maximum atomic E-state index is 12.6. The Kier molecular flexibility index (Phi) is 6.93. The van der Waals surface area contributed by atoms with Gasteiger partial charge in [-0.3, -0.25) is 9.59 Å². The average Bonchev–Trinajstić information content (AvgIpc) is 2.44. The summed E-state index contributed by atoms with van der Waals surface area (Å²) in [5, 5.41) is 0. The molecule has 25 heavy (non-hydrogen) atoms. The maximum Gasteiger partial charge on any atom is 0.397 e. The largest absolute Gasteiger partial charge is 0.462 e. The summed E-state index contributed by atoms with van der Waals surface area (Å²) in [7, 11) is 0. The predicted molar refractivity (Wildman–Crippen MR) is 88.7 cm³/mol. The Morgan fingerprint density at radius 3 is 2.24 bits per heavy atom. The number of likely N-dealkylation sites (tertiary alicyclic amines) is 1. The van der Waals surface area contributed by atoms with E-state index < -0.39 is 36.1 Å². The molecule has 0 aliphatic carbocycles. The lowest BCUT2D eigenvalue weighted by atomic mass is 9.79. The summed E-state index contributed by atoms with van der Waals surface area (Å²) in [6, 6.07) is -0.402. The highest BCUT2D eigenvalue weighted by atomic mass is 19.4. The number of alkyl halides is 3. The number of ether oxygens (including phenoxy) is 1. The van der Waals surface area contributed by atoms with Gasteiger partial charge in [0.05, 0.1) is 5.41 Å². The Morgan fingerprint density at radius 1 is 1.24 bits per heavy atom. The normalized spacial score (nSPS) is 26.3. The van der Waals surface area contributed by atoms with E-state index in [0.29, 0.717) is 6.54 Å². The van der Waals surface area contributed by atoms with Crippen molar-refractivity contribution in [3.63, 3.8) is 0 Å². The van der Waals surface area contributed by atoms with E-state index >= 15 is 0 Å². The lowest BCUT2D eigenvalue weighted by molar-refractivity contribution is -0.170. The van der Waals surface area contributed by atoms with E-state index in [4.69, 9.17) is 4.74 Å². The van der Waals surface area contributed by atoms with Crippen LogP contribution in [-0.4, -0.2) is 41.6 Å². The number of piperidine rings is 1. The lowest BCUT2D eigenvalue weighted by Gasteiger charge is -2.45. The zero-order chi connectivity index (χ0) is 19.6. The fourth-order valence-corrected chi connectivity index (χ4v) is 3.25. The van der Waals surface area contributed by atoms with Crippen molar-refractivity contribution in [2.75, 3.05) is 6.54 Å². The Bertz CT molecular complexity index is 485. The molecule has 1 amide bonds. The summed E-state index contributed by atoms with van der Waals surface area (Å²) in [6.45, 7) is 11.0. The molecule has 2 unspecified atom stereocenters. The van der Waals surface area contributed by atoms with Gasteiger partial charge in [-0.25, -0.2) is 0 Å². The van der Waals surface area contributed by atoms with Crippen molar-refractivity contribution in [1.29, 1.82) is 0 Å². The van der Waals surface area contributed by atoms with Gasteiger partial charge in [-0.05, 0) is 47.0 Å². The molecule has 0 saturated carbocycles. The highest BCUT2D eigenvalue weighted by Crippen LogP contribution is 2.35. The molecule has 0 bridgehead atoms. The Hall–Kier alpha value is -1.27. The van der Waals surface area contributed by atoms with Gasteiger partial charge in [-0.1, -0.05) is 13.3 Å². The highest BCUT2D eigenvalue weighted by molar-refractivity contribution is 5.77. The smallest absolute Gasteiger partial charge is 0.397 e. The molecule has 0 aromatic carbocycles. The Morgan fingerprint density at radius 2 is 1.80 bits per heavy atom. The van der Waals surface area contributed by atoms with Gasteiger partial charge < -0.3 is 9.64 Å². The van der Waals surface area contributed by atoms with Crippen molar-refractivity contribution in [2.24, 2.45) is 17.3 Å². The zero-order valence-corrected chi connectivity index (χ0v) is 15.9. The van der Waals surface area contributed by atoms with E-state index in [-0.39, 0.29) is 17.8 Å². The van der Waals surface area contributed by atoms with E-state index in [9.17, 15) is 22.8 Å². The first kappa shape index (κ1) is 21.8. The molecule has 4 nitrogen and oxygen atoms in total. The number of carbonyl (C=O) groups excluding carboxylic acids is 2. The third-order valence-corrected chi connectivity index (χ3v) is 4.93. The van der Waals surface area contributed by atoms with Gasteiger partial charge in [0.25, 0.3) is 0 Å². The molecule has 4 atom stereocenters. The fraction of sp³-hybridized carbons (Fsp3) is 0.889. The van der Waals surface area contributed by atoms with Crippen molar-refractivity contribution in [2.45, 2.75) is 79.1 Å².